The van der Waals surface area contributed by atoms with E-state index in [2.05, 4.69) is 18.7 Å². The number of ether oxygens (including phenoxy) is 1. The fourth-order valence-corrected chi connectivity index (χ4v) is 2.44. The van der Waals surface area contributed by atoms with Gasteiger partial charge in [-0.25, -0.2) is 0 Å². The molecule has 1 saturated heterocycles. The van der Waals surface area contributed by atoms with E-state index in [9.17, 15) is 0 Å². The molecule has 0 spiro atoms. The Balaban J connectivity index is 2.20. The average molecular weight is 228 g/mol. The summed E-state index contributed by atoms with van der Waals surface area (Å²) in [6.07, 6.45) is 5.44. The highest BCUT2D eigenvalue weighted by Gasteiger charge is 2.20. The fourth-order valence-electron chi connectivity index (χ4n) is 2.44. The van der Waals surface area contributed by atoms with Gasteiger partial charge >= 0.3 is 0 Å². The molecule has 1 aliphatic rings. The van der Waals surface area contributed by atoms with Crippen LogP contribution in [-0.4, -0.2) is 43.8 Å². The molecule has 0 radical (unpaired) electrons. The zero-order chi connectivity index (χ0) is 11.8. The Labute approximate surface area is 100 Å². The van der Waals surface area contributed by atoms with E-state index in [1.807, 2.05) is 0 Å². The summed E-state index contributed by atoms with van der Waals surface area (Å²) < 4.78 is 5.71. The summed E-state index contributed by atoms with van der Waals surface area (Å²) in [5.41, 5.74) is 5.73. The third-order valence-corrected chi connectivity index (χ3v) is 3.63. The molecule has 0 saturated carbocycles. The summed E-state index contributed by atoms with van der Waals surface area (Å²) in [5, 5.41) is 0. The van der Waals surface area contributed by atoms with Gasteiger partial charge in [0.2, 0.25) is 0 Å². The van der Waals surface area contributed by atoms with Crippen molar-refractivity contribution in [1.29, 1.82) is 0 Å². The summed E-state index contributed by atoms with van der Waals surface area (Å²) in [5.74, 6) is 0.701. The second-order valence-electron chi connectivity index (χ2n) is 4.82. The SMILES string of the molecule is CCOC1CCCN(CCC(CC)CN)C1. The van der Waals surface area contributed by atoms with Crippen molar-refractivity contribution in [2.45, 2.75) is 45.6 Å². The molecule has 0 aromatic carbocycles. The van der Waals surface area contributed by atoms with Gasteiger partial charge in [0.05, 0.1) is 6.10 Å². The second-order valence-corrected chi connectivity index (χ2v) is 4.82. The van der Waals surface area contributed by atoms with Gasteiger partial charge in [-0.1, -0.05) is 13.3 Å². The molecule has 2 atom stereocenters. The average Bonchev–Trinajstić information content (AvgIpc) is 2.31. The van der Waals surface area contributed by atoms with E-state index in [1.54, 1.807) is 0 Å². The van der Waals surface area contributed by atoms with Crippen LogP contribution in [0.5, 0.6) is 0 Å². The van der Waals surface area contributed by atoms with Crippen LogP contribution >= 0.6 is 0 Å². The van der Waals surface area contributed by atoms with Gasteiger partial charge < -0.3 is 15.4 Å². The Kier molecular flexibility index (Phi) is 7.01. The van der Waals surface area contributed by atoms with Crippen LogP contribution in [0.1, 0.15) is 39.5 Å². The number of hydrogen-bond donors (Lipinski definition) is 1. The number of piperidine rings is 1. The Morgan fingerprint density at radius 1 is 1.44 bits per heavy atom. The quantitative estimate of drug-likeness (QED) is 0.723. The summed E-state index contributed by atoms with van der Waals surface area (Å²) in [6.45, 7) is 9.55. The van der Waals surface area contributed by atoms with Crippen molar-refractivity contribution >= 4 is 0 Å². The van der Waals surface area contributed by atoms with E-state index in [0.717, 1.165) is 19.7 Å². The van der Waals surface area contributed by atoms with Crippen molar-refractivity contribution in [3.63, 3.8) is 0 Å². The first-order valence-corrected chi connectivity index (χ1v) is 6.84. The van der Waals surface area contributed by atoms with Crippen LogP contribution in [0.3, 0.4) is 0 Å². The van der Waals surface area contributed by atoms with Crippen molar-refractivity contribution in [2.24, 2.45) is 11.7 Å². The van der Waals surface area contributed by atoms with Gasteiger partial charge in [0.15, 0.2) is 0 Å². The molecule has 96 valence electrons. The highest BCUT2D eigenvalue weighted by atomic mass is 16.5. The van der Waals surface area contributed by atoms with E-state index >= 15 is 0 Å². The Hall–Kier alpha value is -0.120. The molecular formula is C13H28N2O. The van der Waals surface area contributed by atoms with Crippen LogP contribution in [0.15, 0.2) is 0 Å². The Bertz CT molecular complexity index is 169. The molecule has 0 aromatic rings. The number of rotatable bonds is 7. The van der Waals surface area contributed by atoms with Crippen LogP contribution in [0.4, 0.5) is 0 Å². The van der Waals surface area contributed by atoms with Crippen LogP contribution in [0.2, 0.25) is 0 Å². The van der Waals surface area contributed by atoms with Crippen molar-refractivity contribution in [2.75, 3.05) is 32.8 Å². The Morgan fingerprint density at radius 3 is 2.88 bits per heavy atom. The summed E-state index contributed by atoms with van der Waals surface area (Å²) >= 11 is 0. The third-order valence-electron chi connectivity index (χ3n) is 3.63. The van der Waals surface area contributed by atoms with E-state index in [0.29, 0.717) is 12.0 Å². The van der Waals surface area contributed by atoms with Crippen LogP contribution < -0.4 is 5.73 Å². The molecule has 1 aliphatic heterocycles. The zero-order valence-electron chi connectivity index (χ0n) is 11.0. The van der Waals surface area contributed by atoms with Crippen LogP contribution in [0.25, 0.3) is 0 Å². The maximum atomic E-state index is 5.73. The zero-order valence-corrected chi connectivity index (χ0v) is 11.0. The topological polar surface area (TPSA) is 38.5 Å². The molecule has 0 bridgehead atoms. The minimum atomic E-state index is 0.469. The summed E-state index contributed by atoms with van der Waals surface area (Å²) in [6, 6.07) is 0. The predicted octanol–water partition coefficient (Wildman–Crippen LogP) is 1.86. The molecular weight excluding hydrogens is 200 g/mol. The molecule has 16 heavy (non-hydrogen) atoms. The smallest absolute Gasteiger partial charge is 0.0702 e. The number of nitrogens with zero attached hydrogens (tertiary/aromatic N) is 1. The van der Waals surface area contributed by atoms with E-state index in [4.69, 9.17) is 10.5 Å². The van der Waals surface area contributed by atoms with Gasteiger partial charge in [-0.05, 0) is 51.7 Å². The van der Waals surface area contributed by atoms with Gasteiger partial charge in [0.25, 0.3) is 0 Å². The molecule has 3 nitrogen and oxygen atoms in total. The van der Waals surface area contributed by atoms with Gasteiger partial charge in [-0.3, -0.25) is 0 Å². The largest absolute Gasteiger partial charge is 0.377 e. The van der Waals surface area contributed by atoms with Crippen molar-refractivity contribution in [3.8, 4) is 0 Å². The van der Waals surface area contributed by atoms with E-state index in [-0.39, 0.29) is 0 Å². The highest BCUT2D eigenvalue weighted by Crippen LogP contribution is 2.15. The molecule has 0 aliphatic carbocycles. The molecule has 0 amide bonds. The van der Waals surface area contributed by atoms with Crippen LogP contribution in [0, 0.1) is 5.92 Å². The first kappa shape index (κ1) is 13.9. The normalized spacial score (nSPS) is 24.6. The van der Waals surface area contributed by atoms with Gasteiger partial charge in [-0.2, -0.15) is 0 Å². The molecule has 1 rings (SSSR count). The first-order chi connectivity index (χ1) is 7.80. The number of likely N-dealkylation sites (tertiary alicyclic amines) is 1. The first-order valence-electron chi connectivity index (χ1n) is 6.84. The van der Waals surface area contributed by atoms with Crippen molar-refractivity contribution < 1.29 is 4.74 Å². The lowest BCUT2D eigenvalue weighted by Gasteiger charge is -2.33. The predicted molar refractivity (Wildman–Crippen MR) is 68.5 cm³/mol. The van der Waals surface area contributed by atoms with E-state index < -0.39 is 0 Å². The number of nitrogens with two attached hydrogens (primary N) is 1. The molecule has 1 heterocycles. The third kappa shape index (κ3) is 4.81. The minimum absolute atomic E-state index is 0.469. The lowest BCUT2D eigenvalue weighted by atomic mass is 10.0. The fraction of sp³-hybridized carbons (Fsp3) is 1.00. The lowest BCUT2D eigenvalue weighted by Crippen LogP contribution is -2.40. The molecule has 1 fully saturated rings. The van der Waals surface area contributed by atoms with Crippen molar-refractivity contribution in [1.82, 2.24) is 4.90 Å². The molecule has 2 N–H and O–H groups in total. The van der Waals surface area contributed by atoms with E-state index in [1.165, 1.54) is 38.8 Å². The maximum absolute atomic E-state index is 5.73. The molecule has 2 unspecified atom stereocenters. The Morgan fingerprint density at radius 2 is 2.25 bits per heavy atom. The van der Waals surface area contributed by atoms with Crippen LogP contribution in [-0.2, 0) is 4.74 Å². The molecule has 0 aromatic heterocycles. The summed E-state index contributed by atoms with van der Waals surface area (Å²) in [4.78, 5) is 2.54. The highest BCUT2D eigenvalue weighted by molar-refractivity contribution is 4.74. The second kappa shape index (κ2) is 8.04. The monoisotopic (exact) mass is 228 g/mol. The van der Waals surface area contributed by atoms with Gasteiger partial charge in [0.1, 0.15) is 0 Å². The summed E-state index contributed by atoms with van der Waals surface area (Å²) in [7, 11) is 0. The van der Waals surface area contributed by atoms with Crippen molar-refractivity contribution in [3.05, 3.63) is 0 Å². The van der Waals surface area contributed by atoms with Gasteiger partial charge in [-0.15, -0.1) is 0 Å². The molecule has 3 heteroatoms. The number of hydrogen-bond acceptors (Lipinski definition) is 3. The van der Waals surface area contributed by atoms with Gasteiger partial charge in [0, 0.05) is 13.2 Å². The standard InChI is InChI=1S/C13H28N2O/c1-3-12(10-14)7-9-15-8-5-6-13(11-15)16-4-2/h12-13H,3-11,14H2,1-2H3. The lowest BCUT2D eigenvalue weighted by molar-refractivity contribution is 0.00467. The minimum Gasteiger partial charge on any atom is -0.377 e. The maximum Gasteiger partial charge on any atom is 0.0702 e.